The van der Waals surface area contributed by atoms with Gasteiger partial charge in [0, 0.05) is 6.42 Å². The summed E-state index contributed by atoms with van der Waals surface area (Å²) in [5.41, 5.74) is 0. The lowest BCUT2D eigenvalue weighted by molar-refractivity contribution is -0.145. The number of nitrogens with one attached hydrogen (secondary N) is 1. The molecular formula is C14H23NO6. The van der Waals surface area contributed by atoms with Gasteiger partial charge < -0.3 is 19.9 Å². The Morgan fingerprint density at radius 3 is 2.29 bits per heavy atom. The van der Waals surface area contributed by atoms with Gasteiger partial charge in [-0.1, -0.05) is 6.92 Å². The summed E-state index contributed by atoms with van der Waals surface area (Å²) in [6.07, 6.45) is -0.366. The molecule has 1 fully saturated rings. The zero-order chi connectivity index (χ0) is 16.2. The van der Waals surface area contributed by atoms with Crippen LogP contribution in [0.2, 0.25) is 0 Å². The van der Waals surface area contributed by atoms with E-state index in [1.54, 1.807) is 6.92 Å². The molecule has 1 aliphatic heterocycles. The first-order valence-electron chi connectivity index (χ1n) is 7.03. The minimum Gasteiger partial charge on any atom is -0.480 e. The van der Waals surface area contributed by atoms with Crippen molar-refractivity contribution in [2.75, 3.05) is 7.11 Å². The first-order valence-corrected chi connectivity index (χ1v) is 7.03. The number of hydrogen-bond donors (Lipinski definition) is 2. The Labute approximate surface area is 124 Å². The Morgan fingerprint density at radius 1 is 1.24 bits per heavy atom. The summed E-state index contributed by atoms with van der Waals surface area (Å²) in [5.74, 6) is -2.40. The van der Waals surface area contributed by atoms with E-state index in [-0.39, 0.29) is 42.8 Å². The Morgan fingerprint density at radius 2 is 1.86 bits per heavy atom. The van der Waals surface area contributed by atoms with Crippen LogP contribution in [0.5, 0.6) is 0 Å². The lowest BCUT2D eigenvalue weighted by Gasteiger charge is -2.21. The second-order valence-corrected chi connectivity index (χ2v) is 5.45. The van der Waals surface area contributed by atoms with Gasteiger partial charge in [-0.2, -0.15) is 0 Å². The highest BCUT2D eigenvalue weighted by Gasteiger charge is 2.42. The van der Waals surface area contributed by atoms with E-state index in [0.29, 0.717) is 0 Å². The van der Waals surface area contributed by atoms with Gasteiger partial charge in [0.1, 0.15) is 6.04 Å². The number of carboxylic acid groups (broad SMARTS) is 1. The predicted octanol–water partition coefficient (Wildman–Crippen LogP) is 0.569. The van der Waals surface area contributed by atoms with E-state index in [9.17, 15) is 14.4 Å². The molecule has 0 bridgehead atoms. The lowest BCUT2D eigenvalue weighted by Crippen LogP contribution is -2.46. The number of hydrogen-bond acceptors (Lipinski definition) is 5. The molecule has 5 atom stereocenters. The number of carbonyl (C=O) groups is 3. The number of aliphatic carboxylic acids is 1. The van der Waals surface area contributed by atoms with Crippen LogP contribution in [0.15, 0.2) is 0 Å². The van der Waals surface area contributed by atoms with Gasteiger partial charge in [-0.3, -0.25) is 9.59 Å². The lowest BCUT2D eigenvalue weighted by atomic mass is 9.88. The molecule has 1 amide bonds. The fourth-order valence-electron chi connectivity index (χ4n) is 2.61. The molecule has 1 saturated heterocycles. The molecule has 1 rings (SSSR count). The second kappa shape index (κ2) is 7.40. The first kappa shape index (κ1) is 17.4. The van der Waals surface area contributed by atoms with E-state index in [1.165, 1.54) is 7.11 Å². The standard InChI is InChI=1S/C14H23NO6/c1-7-8(2)21-9(3)12(7)13(17)15-10(14(18)19)5-6-11(16)20-4/h7-10,12H,5-6H2,1-4H3,(H,15,17)(H,18,19)/t7?,8?,9?,10-,12?/m1/s1. The Kier molecular flexibility index (Phi) is 6.14. The topological polar surface area (TPSA) is 102 Å². The zero-order valence-corrected chi connectivity index (χ0v) is 12.8. The predicted molar refractivity (Wildman–Crippen MR) is 73.5 cm³/mol. The van der Waals surface area contributed by atoms with Crippen LogP contribution >= 0.6 is 0 Å². The molecule has 0 aromatic rings. The maximum Gasteiger partial charge on any atom is 0.326 e. The summed E-state index contributed by atoms with van der Waals surface area (Å²) >= 11 is 0. The van der Waals surface area contributed by atoms with Gasteiger partial charge in [0.05, 0.1) is 25.2 Å². The van der Waals surface area contributed by atoms with Gasteiger partial charge in [-0.05, 0) is 26.2 Å². The van der Waals surface area contributed by atoms with Crippen molar-refractivity contribution < 1.29 is 29.0 Å². The van der Waals surface area contributed by atoms with Crippen molar-refractivity contribution in [3.05, 3.63) is 0 Å². The van der Waals surface area contributed by atoms with Gasteiger partial charge in [0.25, 0.3) is 0 Å². The second-order valence-electron chi connectivity index (χ2n) is 5.45. The number of ether oxygens (including phenoxy) is 2. The van der Waals surface area contributed by atoms with Gasteiger partial charge in [0.15, 0.2) is 0 Å². The van der Waals surface area contributed by atoms with Crippen molar-refractivity contribution in [3.63, 3.8) is 0 Å². The van der Waals surface area contributed by atoms with E-state index in [4.69, 9.17) is 9.84 Å². The third kappa shape index (κ3) is 4.42. The summed E-state index contributed by atoms with van der Waals surface area (Å²) in [5, 5.41) is 11.6. The van der Waals surface area contributed by atoms with Crippen LogP contribution in [0.3, 0.4) is 0 Å². The van der Waals surface area contributed by atoms with E-state index < -0.39 is 18.0 Å². The van der Waals surface area contributed by atoms with Crippen LogP contribution in [0.25, 0.3) is 0 Å². The molecule has 21 heavy (non-hydrogen) atoms. The average Bonchev–Trinajstić information content (AvgIpc) is 2.67. The highest BCUT2D eigenvalue weighted by atomic mass is 16.5. The summed E-state index contributed by atoms with van der Waals surface area (Å²) in [6.45, 7) is 5.59. The Bertz CT molecular complexity index is 410. The SMILES string of the molecule is COC(=O)CC[C@@H](NC(=O)C1C(C)OC(C)C1C)C(=O)O. The molecule has 1 aliphatic rings. The minimum absolute atomic E-state index is 0.000358. The maximum atomic E-state index is 12.3. The van der Waals surface area contributed by atoms with Crippen LogP contribution in [0.1, 0.15) is 33.6 Å². The fraction of sp³-hybridized carbons (Fsp3) is 0.786. The third-order valence-electron chi connectivity index (χ3n) is 4.02. The Balaban J connectivity index is 2.64. The summed E-state index contributed by atoms with van der Waals surface area (Å²) in [7, 11) is 1.23. The third-order valence-corrected chi connectivity index (χ3v) is 4.02. The summed E-state index contributed by atoms with van der Waals surface area (Å²) in [4.78, 5) is 34.5. The van der Waals surface area contributed by atoms with E-state index in [1.807, 2.05) is 13.8 Å². The summed E-state index contributed by atoms with van der Waals surface area (Å²) < 4.78 is 10.1. The molecule has 1 heterocycles. The van der Waals surface area contributed by atoms with Gasteiger partial charge in [0.2, 0.25) is 5.91 Å². The van der Waals surface area contributed by atoms with E-state index in [2.05, 4.69) is 10.1 Å². The van der Waals surface area contributed by atoms with Crippen molar-refractivity contribution >= 4 is 17.8 Å². The van der Waals surface area contributed by atoms with Crippen molar-refractivity contribution in [3.8, 4) is 0 Å². The molecule has 120 valence electrons. The molecule has 0 aromatic carbocycles. The van der Waals surface area contributed by atoms with Gasteiger partial charge >= 0.3 is 11.9 Å². The molecule has 0 spiro atoms. The number of esters is 1. The number of carbonyl (C=O) groups excluding carboxylic acids is 2. The molecule has 0 radical (unpaired) electrons. The van der Waals surface area contributed by atoms with Crippen LogP contribution in [0, 0.1) is 11.8 Å². The Hall–Kier alpha value is -1.63. The highest BCUT2D eigenvalue weighted by Crippen LogP contribution is 2.32. The first-order chi connectivity index (χ1) is 9.77. The molecule has 0 aromatic heterocycles. The van der Waals surface area contributed by atoms with Crippen LogP contribution in [-0.2, 0) is 23.9 Å². The molecule has 0 saturated carbocycles. The quantitative estimate of drug-likeness (QED) is 0.695. The van der Waals surface area contributed by atoms with Crippen molar-refractivity contribution in [2.45, 2.75) is 51.9 Å². The maximum absolute atomic E-state index is 12.3. The number of rotatable bonds is 6. The monoisotopic (exact) mass is 301 g/mol. The van der Waals surface area contributed by atoms with Crippen molar-refractivity contribution in [1.29, 1.82) is 0 Å². The van der Waals surface area contributed by atoms with Crippen molar-refractivity contribution in [2.24, 2.45) is 11.8 Å². The van der Waals surface area contributed by atoms with Gasteiger partial charge in [-0.15, -0.1) is 0 Å². The smallest absolute Gasteiger partial charge is 0.326 e. The van der Waals surface area contributed by atoms with Crippen LogP contribution in [-0.4, -0.2) is 48.3 Å². The molecule has 7 nitrogen and oxygen atoms in total. The summed E-state index contributed by atoms with van der Waals surface area (Å²) in [6, 6.07) is -1.10. The number of methoxy groups -OCH3 is 1. The zero-order valence-electron chi connectivity index (χ0n) is 12.8. The van der Waals surface area contributed by atoms with Crippen LogP contribution < -0.4 is 5.32 Å². The fourth-order valence-corrected chi connectivity index (χ4v) is 2.61. The van der Waals surface area contributed by atoms with Crippen molar-refractivity contribution in [1.82, 2.24) is 5.32 Å². The number of carboxylic acids is 1. The largest absolute Gasteiger partial charge is 0.480 e. The number of amides is 1. The van der Waals surface area contributed by atoms with Crippen LogP contribution in [0.4, 0.5) is 0 Å². The molecule has 2 N–H and O–H groups in total. The molecule has 7 heteroatoms. The molecule has 4 unspecified atom stereocenters. The normalized spacial score (nSPS) is 29.7. The highest BCUT2D eigenvalue weighted by molar-refractivity contribution is 5.86. The van der Waals surface area contributed by atoms with Gasteiger partial charge in [-0.25, -0.2) is 4.79 Å². The molecular weight excluding hydrogens is 278 g/mol. The minimum atomic E-state index is -1.17. The average molecular weight is 301 g/mol. The van der Waals surface area contributed by atoms with E-state index in [0.717, 1.165) is 0 Å². The van der Waals surface area contributed by atoms with E-state index >= 15 is 0 Å². The molecule has 0 aliphatic carbocycles.